The number of nitrogens with zero attached hydrogens (tertiary/aromatic N) is 1. The van der Waals surface area contributed by atoms with Crippen LogP contribution in [0, 0.1) is 6.92 Å². The second-order valence-electron chi connectivity index (χ2n) is 3.82. The first-order chi connectivity index (χ1) is 7.65. The van der Waals surface area contributed by atoms with E-state index in [1.54, 1.807) is 0 Å². The Balaban J connectivity index is 2.60. The molecule has 84 valence electrons. The summed E-state index contributed by atoms with van der Waals surface area (Å²) in [6, 6.07) is 7.93. The van der Waals surface area contributed by atoms with Crippen LogP contribution in [-0.4, -0.2) is 17.1 Å². The average Bonchev–Trinajstić information content (AvgIpc) is 2.59. The maximum Gasteiger partial charge on any atom is 0.354 e. The molecule has 0 amide bonds. The number of esters is 1. The Morgan fingerprint density at radius 3 is 2.81 bits per heavy atom. The number of ether oxygens (including phenoxy) is 1. The van der Waals surface area contributed by atoms with Gasteiger partial charge in [0.15, 0.2) is 0 Å². The number of hydrogen-bond acceptors (Lipinski definition) is 2. The van der Waals surface area contributed by atoms with Crippen LogP contribution in [0.4, 0.5) is 0 Å². The molecule has 1 heterocycles. The monoisotopic (exact) mass is 217 g/mol. The lowest BCUT2D eigenvalue weighted by molar-refractivity contribution is 0.0516. The van der Waals surface area contributed by atoms with Crippen LogP contribution in [-0.2, 0) is 11.8 Å². The van der Waals surface area contributed by atoms with Crippen LogP contribution in [0.5, 0.6) is 0 Å². The van der Waals surface area contributed by atoms with E-state index in [1.165, 1.54) is 5.56 Å². The van der Waals surface area contributed by atoms with Gasteiger partial charge in [0.1, 0.15) is 5.69 Å². The molecule has 0 fully saturated rings. The van der Waals surface area contributed by atoms with Gasteiger partial charge >= 0.3 is 5.97 Å². The fourth-order valence-electron chi connectivity index (χ4n) is 1.91. The van der Waals surface area contributed by atoms with E-state index >= 15 is 0 Å². The molecule has 16 heavy (non-hydrogen) atoms. The van der Waals surface area contributed by atoms with Gasteiger partial charge in [0, 0.05) is 18.0 Å². The summed E-state index contributed by atoms with van der Waals surface area (Å²) in [5.41, 5.74) is 2.83. The lowest BCUT2D eigenvalue weighted by Gasteiger charge is -2.03. The average molecular weight is 217 g/mol. The lowest BCUT2D eigenvalue weighted by atomic mass is 10.1. The first-order valence-corrected chi connectivity index (χ1v) is 5.37. The molecule has 0 saturated carbocycles. The fraction of sp³-hybridized carbons (Fsp3) is 0.308. The SMILES string of the molecule is CCOC(=O)c1cc2c(C)cccc2n1C. The Kier molecular flexibility index (Phi) is 2.69. The van der Waals surface area contributed by atoms with Crippen molar-refractivity contribution < 1.29 is 9.53 Å². The molecule has 3 nitrogen and oxygen atoms in total. The molecular formula is C13H15NO2. The van der Waals surface area contributed by atoms with Crippen LogP contribution in [0.3, 0.4) is 0 Å². The van der Waals surface area contributed by atoms with E-state index in [2.05, 4.69) is 0 Å². The molecule has 3 heteroatoms. The normalized spacial score (nSPS) is 10.7. The van der Waals surface area contributed by atoms with Gasteiger partial charge in [0.25, 0.3) is 0 Å². The second kappa shape index (κ2) is 4.00. The molecule has 0 aliphatic heterocycles. The summed E-state index contributed by atoms with van der Waals surface area (Å²) in [6.45, 7) is 4.25. The molecule has 0 bridgehead atoms. The maximum absolute atomic E-state index is 11.7. The first-order valence-electron chi connectivity index (χ1n) is 5.37. The smallest absolute Gasteiger partial charge is 0.354 e. The van der Waals surface area contributed by atoms with Gasteiger partial charge in [0.2, 0.25) is 0 Å². The van der Waals surface area contributed by atoms with Gasteiger partial charge in [-0.3, -0.25) is 0 Å². The van der Waals surface area contributed by atoms with Gasteiger partial charge in [-0.1, -0.05) is 12.1 Å². The molecular weight excluding hydrogens is 202 g/mol. The summed E-state index contributed by atoms with van der Waals surface area (Å²) >= 11 is 0. The summed E-state index contributed by atoms with van der Waals surface area (Å²) < 4.78 is 6.89. The third-order valence-corrected chi connectivity index (χ3v) is 2.79. The molecule has 0 spiro atoms. The van der Waals surface area contributed by atoms with Crippen molar-refractivity contribution in [3.8, 4) is 0 Å². The summed E-state index contributed by atoms with van der Waals surface area (Å²) in [4.78, 5) is 11.7. The Morgan fingerprint density at radius 2 is 2.19 bits per heavy atom. The molecule has 0 aliphatic carbocycles. The van der Waals surface area contributed by atoms with Gasteiger partial charge in [-0.25, -0.2) is 4.79 Å². The van der Waals surface area contributed by atoms with Crippen molar-refractivity contribution in [2.75, 3.05) is 6.61 Å². The molecule has 1 aromatic heterocycles. The number of fused-ring (bicyclic) bond motifs is 1. The minimum absolute atomic E-state index is 0.263. The van der Waals surface area contributed by atoms with E-state index < -0.39 is 0 Å². The quantitative estimate of drug-likeness (QED) is 0.724. The van der Waals surface area contributed by atoms with E-state index in [1.807, 2.05) is 49.7 Å². The van der Waals surface area contributed by atoms with Crippen LogP contribution in [0.25, 0.3) is 10.9 Å². The van der Waals surface area contributed by atoms with E-state index in [4.69, 9.17) is 4.74 Å². The highest BCUT2D eigenvalue weighted by atomic mass is 16.5. The molecule has 0 aliphatic rings. The van der Waals surface area contributed by atoms with Crippen molar-refractivity contribution in [3.05, 3.63) is 35.5 Å². The van der Waals surface area contributed by atoms with Crippen molar-refractivity contribution in [2.24, 2.45) is 7.05 Å². The highest BCUT2D eigenvalue weighted by molar-refractivity contribution is 5.96. The molecule has 0 unspecified atom stereocenters. The van der Waals surface area contributed by atoms with Gasteiger partial charge in [-0.2, -0.15) is 0 Å². The number of aryl methyl sites for hydroxylation is 2. The summed E-state index contributed by atoms with van der Waals surface area (Å²) in [7, 11) is 1.88. The van der Waals surface area contributed by atoms with E-state index in [-0.39, 0.29) is 5.97 Å². The standard InChI is InChI=1S/C13H15NO2/c1-4-16-13(15)12-8-10-9(2)6-5-7-11(10)14(12)3/h5-8H,4H2,1-3H3. The Morgan fingerprint density at radius 1 is 1.44 bits per heavy atom. The molecule has 1 aromatic carbocycles. The third kappa shape index (κ3) is 1.58. The van der Waals surface area contributed by atoms with Crippen molar-refractivity contribution in [3.63, 3.8) is 0 Å². The number of rotatable bonds is 2. The Bertz CT molecular complexity index is 540. The number of aromatic nitrogens is 1. The van der Waals surface area contributed by atoms with E-state index in [0.29, 0.717) is 12.3 Å². The summed E-state index contributed by atoms with van der Waals surface area (Å²) in [5, 5.41) is 1.10. The van der Waals surface area contributed by atoms with Gasteiger partial charge in [-0.05, 0) is 31.5 Å². The van der Waals surface area contributed by atoms with Gasteiger partial charge in [0.05, 0.1) is 6.61 Å². The third-order valence-electron chi connectivity index (χ3n) is 2.79. The summed E-state index contributed by atoms with van der Waals surface area (Å²) in [5.74, 6) is -0.263. The van der Waals surface area contributed by atoms with Gasteiger partial charge < -0.3 is 9.30 Å². The van der Waals surface area contributed by atoms with Crippen molar-refractivity contribution in [1.82, 2.24) is 4.57 Å². The first kappa shape index (κ1) is 10.7. The summed E-state index contributed by atoms with van der Waals surface area (Å²) in [6.07, 6.45) is 0. The van der Waals surface area contributed by atoms with E-state index in [9.17, 15) is 4.79 Å². The Hall–Kier alpha value is -1.77. The second-order valence-corrected chi connectivity index (χ2v) is 3.82. The maximum atomic E-state index is 11.7. The predicted octanol–water partition coefficient (Wildman–Crippen LogP) is 2.66. The zero-order valence-electron chi connectivity index (χ0n) is 9.78. The Labute approximate surface area is 94.6 Å². The highest BCUT2D eigenvalue weighted by Gasteiger charge is 2.14. The molecule has 2 rings (SSSR count). The molecule has 0 N–H and O–H groups in total. The largest absolute Gasteiger partial charge is 0.461 e. The number of carbonyl (C=O) groups excluding carboxylic acids is 1. The van der Waals surface area contributed by atoms with Crippen LogP contribution >= 0.6 is 0 Å². The lowest BCUT2D eigenvalue weighted by Crippen LogP contribution is -2.09. The molecule has 0 saturated heterocycles. The van der Waals surface area contributed by atoms with E-state index in [0.717, 1.165) is 10.9 Å². The van der Waals surface area contributed by atoms with Gasteiger partial charge in [-0.15, -0.1) is 0 Å². The van der Waals surface area contributed by atoms with Crippen molar-refractivity contribution in [2.45, 2.75) is 13.8 Å². The molecule has 0 radical (unpaired) electrons. The molecule has 0 atom stereocenters. The number of hydrogen-bond donors (Lipinski definition) is 0. The van der Waals surface area contributed by atoms with Crippen LogP contribution in [0.15, 0.2) is 24.3 Å². The van der Waals surface area contributed by atoms with Crippen LogP contribution < -0.4 is 0 Å². The zero-order valence-corrected chi connectivity index (χ0v) is 9.78. The number of carbonyl (C=O) groups is 1. The minimum atomic E-state index is -0.263. The predicted molar refractivity (Wildman–Crippen MR) is 63.6 cm³/mol. The van der Waals surface area contributed by atoms with Crippen LogP contribution in [0.2, 0.25) is 0 Å². The zero-order chi connectivity index (χ0) is 11.7. The fourth-order valence-corrected chi connectivity index (χ4v) is 1.91. The van der Waals surface area contributed by atoms with Crippen molar-refractivity contribution >= 4 is 16.9 Å². The van der Waals surface area contributed by atoms with Crippen molar-refractivity contribution in [1.29, 1.82) is 0 Å². The topological polar surface area (TPSA) is 31.2 Å². The number of benzene rings is 1. The highest BCUT2D eigenvalue weighted by Crippen LogP contribution is 2.22. The van der Waals surface area contributed by atoms with Crippen LogP contribution in [0.1, 0.15) is 23.0 Å². The molecule has 2 aromatic rings. The minimum Gasteiger partial charge on any atom is -0.461 e.